The summed E-state index contributed by atoms with van der Waals surface area (Å²) in [6.45, 7) is 6.82. The van der Waals surface area contributed by atoms with Crippen LogP contribution in [-0.4, -0.2) is 18.7 Å². The summed E-state index contributed by atoms with van der Waals surface area (Å²) >= 11 is 1.57. The van der Waals surface area contributed by atoms with Gasteiger partial charge in [0.1, 0.15) is 5.75 Å². The molecule has 0 saturated carbocycles. The van der Waals surface area contributed by atoms with Gasteiger partial charge in [0.15, 0.2) is 0 Å². The smallest absolute Gasteiger partial charge is 0.272 e. The first-order chi connectivity index (χ1) is 11.1. The number of amides is 1. The SMILES string of the molecule is CCCCOc1ccc(/C=N\NC(=O)c2csc(C)c2C)cc1. The Balaban J connectivity index is 1.88. The van der Waals surface area contributed by atoms with Gasteiger partial charge in [-0.3, -0.25) is 4.79 Å². The van der Waals surface area contributed by atoms with Crippen LogP contribution in [0.15, 0.2) is 34.7 Å². The second kappa shape index (κ2) is 8.48. The fraction of sp³-hybridized carbons (Fsp3) is 0.333. The standard InChI is InChI=1S/C18H22N2O2S/c1-4-5-10-22-16-8-6-15(7-9-16)11-19-20-18(21)17-12-23-14(3)13(17)2/h6-9,11-12H,4-5,10H2,1-3H3,(H,20,21)/b19-11-. The molecule has 0 atom stereocenters. The molecule has 1 aromatic carbocycles. The number of carbonyl (C=O) groups excluding carboxylic acids is 1. The van der Waals surface area contributed by atoms with Crippen molar-refractivity contribution in [3.8, 4) is 5.75 Å². The number of unbranched alkanes of at least 4 members (excludes halogenated alkanes) is 1. The van der Waals surface area contributed by atoms with Crippen LogP contribution in [0, 0.1) is 13.8 Å². The average molecular weight is 330 g/mol. The summed E-state index contributed by atoms with van der Waals surface area (Å²) in [5.41, 5.74) is 5.17. The highest BCUT2D eigenvalue weighted by Crippen LogP contribution is 2.20. The third-order valence-corrected chi connectivity index (χ3v) is 4.57. The number of carbonyl (C=O) groups is 1. The van der Waals surface area contributed by atoms with Gasteiger partial charge in [0.25, 0.3) is 5.91 Å². The zero-order valence-electron chi connectivity index (χ0n) is 13.8. The number of aryl methyl sites for hydroxylation is 1. The number of thiophene rings is 1. The van der Waals surface area contributed by atoms with Gasteiger partial charge in [0.05, 0.1) is 18.4 Å². The van der Waals surface area contributed by atoms with Gasteiger partial charge in [0, 0.05) is 10.3 Å². The summed E-state index contributed by atoms with van der Waals surface area (Å²) in [6.07, 6.45) is 3.80. The van der Waals surface area contributed by atoms with E-state index in [1.807, 2.05) is 43.5 Å². The monoisotopic (exact) mass is 330 g/mol. The molecule has 0 bridgehead atoms. The molecule has 0 aliphatic rings. The lowest BCUT2D eigenvalue weighted by molar-refractivity contribution is 0.0955. The first-order valence-corrected chi connectivity index (χ1v) is 8.60. The molecule has 2 aromatic rings. The Morgan fingerprint density at radius 2 is 2.04 bits per heavy atom. The number of nitrogens with one attached hydrogen (secondary N) is 1. The topological polar surface area (TPSA) is 50.7 Å². The molecule has 1 amide bonds. The van der Waals surface area contributed by atoms with E-state index in [1.165, 1.54) is 0 Å². The fourth-order valence-electron chi connectivity index (χ4n) is 1.95. The van der Waals surface area contributed by atoms with Crippen molar-refractivity contribution in [1.29, 1.82) is 0 Å². The predicted molar refractivity (Wildman–Crippen MR) is 95.7 cm³/mol. The number of benzene rings is 1. The Morgan fingerprint density at radius 3 is 2.65 bits per heavy atom. The Bertz CT molecular complexity index is 675. The summed E-state index contributed by atoms with van der Waals surface area (Å²) in [5, 5.41) is 5.87. The van der Waals surface area contributed by atoms with E-state index in [4.69, 9.17) is 4.74 Å². The first kappa shape index (κ1) is 17.2. The zero-order chi connectivity index (χ0) is 16.7. The third-order valence-electron chi connectivity index (χ3n) is 3.56. The van der Waals surface area contributed by atoms with Crippen molar-refractivity contribution >= 4 is 23.5 Å². The molecule has 0 unspecified atom stereocenters. The molecule has 1 heterocycles. The molecule has 5 heteroatoms. The maximum Gasteiger partial charge on any atom is 0.272 e. The van der Waals surface area contributed by atoms with Crippen LogP contribution in [0.5, 0.6) is 5.75 Å². The molecule has 23 heavy (non-hydrogen) atoms. The molecule has 0 aliphatic heterocycles. The van der Waals surface area contributed by atoms with Crippen molar-refractivity contribution in [3.05, 3.63) is 51.2 Å². The van der Waals surface area contributed by atoms with Crippen LogP contribution in [0.1, 0.15) is 46.1 Å². The van der Waals surface area contributed by atoms with E-state index >= 15 is 0 Å². The Labute approximate surface area is 141 Å². The number of hydrazone groups is 1. The van der Waals surface area contributed by atoms with Crippen molar-refractivity contribution in [2.24, 2.45) is 5.10 Å². The Kier molecular flexibility index (Phi) is 6.35. The number of ether oxygens (including phenoxy) is 1. The van der Waals surface area contributed by atoms with E-state index < -0.39 is 0 Å². The number of rotatable bonds is 7. The minimum atomic E-state index is -0.178. The second-order valence-corrected chi connectivity index (χ2v) is 6.38. The molecule has 0 radical (unpaired) electrons. The van der Waals surface area contributed by atoms with E-state index in [2.05, 4.69) is 17.5 Å². The van der Waals surface area contributed by atoms with Crippen LogP contribution in [-0.2, 0) is 0 Å². The fourth-order valence-corrected chi connectivity index (χ4v) is 2.81. The third kappa shape index (κ3) is 4.93. The van der Waals surface area contributed by atoms with Crippen molar-refractivity contribution < 1.29 is 9.53 Å². The highest BCUT2D eigenvalue weighted by Gasteiger charge is 2.11. The highest BCUT2D eigenvalue weighted by molar-refractivity contribution is 7.10. The predicted octanol–water partition coefficient (Wildman–Crippen LogP) is 4.31. The molecule has 0 saturated heterocycles. The van der Waals surface area contributed by atoms with E-state index in [9.17, 15) is 4.79 Å². The normalized spacial score (nSPS) is 10.9. The van der Waals surface area contributed by atoms with Crippen LogP contribution in [0.2, 0.25) is 0 Å². The molecule has 0 fully saturated rings. The van der Waals surface area contributed by atoms with Crippen LogP contribution in [0.25, 0.3) is 0 Å². The van der Waals surface area contributed by atoms with Crippen LogP contribution < -0.4 is 10.2 Å². The molecule has 0 aliphatic carbocycles. The van der Waals surface area contributed by atoms with E-state index in [0.717, 1.165) is 41.2 Å². The molecule has 0 spiro atoms. The van der Waals surface area contributed by atoms with Crippen LogP contribution in [0.3, 0.4) is 0 Å². The van der Waals surface area contributed by atoms with Gasteiger partial charge >= 0.3 is 0 Å². The van der Waals surface area contributed by atoms with Gasteiger partial charge in [-0.25, -0.2) is 5.43 Å². The molecule has 1 N–H and O–H groups in total. The van der Waals surface area contributed by atoms with Crippen molar-refractivity contribution in [1.82, 2.24) is 5.43 Å². The summed E-state index contributed by atoms with van der Waals surface area (Å²) in [7, 11) is 0. The summed E-state index contributed by atoms with van der Waals surface area (Å²) in [4.78, 5) is 13.2. The van der Waals surface area contributed by atoms with E-state index in [1.54, 1.807) is 17.6 Å². The molecule has 4 nitrogen and oxygen atoms in total. The van der Waals surface area contributed by atoms with Gasteiger partial charge in [-0.05, 0) is 55.7 Å². The minimum absolute atomic E-state index is 0.178. The average Bonchev–Trinajstić information content (AvgIpc) is 2.89. The maximum atomic E-state index is 12.0. The van der Waals surface area contributed by atoms with Gasteiger partial charge < -0.3 is 4.74 Å². The van der Waals surface area contributed by atoms with Crippen LogP contribution >= 0.6 is 11.3 Å². The second-order valence-electron chi connectivity index (χ2n) is 5.30. The lowest BCUT2D eigenvalue weighted by atomic mass is 10.2. The number of hydrogen-bond acceptors (Lipinski definition) is 4. The molecule has 1 aromatic heterocycles. The minimum Gasteiger partial charge on any atom is -0.494 e. The van der Waals surface area contributed by atoms with Gasteiger partial charge in [-0.1, -0.05) is 13.3 Å². The molecule has 122 valence electrons. The lowest BCUT2D eigenvalue weighted by Gasteiger charge is -2.05. The number of hydrogen-bond donors (Lipinski definition) is 1. The summed E-state index contributed by atoms with van der Waals surface area (Å²) < 4.78 is 5.60. The van der Waals surface area contributed by atoms with Crippen molar-refractivity contribution in [3.63, 3.8) is 0 Å². The number of nitrogens with zero attached hydrogens (tertiary/aromatic N) is 1. The summed E-state index contributed by atoms with van der Waals surface area (Å²) in [5.74, 6) is 0.673. The quantitative estimate of drug-likeness (QED) is 0.467. The summed E-state index contributed by atoms with van der Waals surface area (Å²) in [6, 6.07) is 7.64. The van der Waals surface area contributed by atoms with E-state index in [0.29, 0.717) is 5.56 Å². The molecular weight excluding hydrogens is 308 g/mol. The van der Waals surface area contributed by atoms with Gasteiger partial charge in [0.2, 0.25) is 0 Å². The Hall–Kier alpha value is -2.14. The largest absolute Gasteiger partial charge is 0.494 e. The van der Waals surface area contributed by atoms with Crippen LogP contribution in [0.4, 0.5) is 0 Å². The van der Waals surface area contributed by atoms with E-state index in [-0.39, 0.29) is 5.91 Å². The molecule has 2 rings (SSSR count). The van der Waals surface area contributed by atoms with Gasteiger partial charge in [-0.2, -0.15) is 5.10 Å². The van der Waals surface area contributed by atoms with Crippen molar-refractivity contribution in [2.75, 3.05) is 6.61 Å². The zero-order valence-corrected chi connectivity index (χ0v) is 14.6. The van der Waals surface area contributed by atoms with Gasteiger partial charge in [-0.15, -0.1) is 11.3 Å². The lowest BCUT2D eigenvalue weighted by Crippen LogP contribution is -2.17. The van der Waals surface area contributed by atoms with Crippen molar-refractivity contribution in [2.45, 2.75) is 33.6 Å². The molecular formula is C18H22N2O2S. The highest BCUT2D eigenvalue weighted by atomic mass is 32.1. The maximum absolute atomic E-state index is 12.0. The first-order valence-electron chi connectivity index (χ1n) is 7.72. The Morgan fingerprint density at radius 1 is 1.30 bits per heavy atom.